The van der Waals surface area contributed by atoms with E-state index in [0.29, 0.717) is 22.8 Å². The molecule has 4 N–H and O–H groups in total. The number of sulfonamides is 1. The summed E-state index contributed by atoms with van der Waals surface area (Å²) in [6, 6.07) is 4.25. The molecule has 0 radical (unpaired) electrons. The predicted molar refractivity (Wildman–Crippen MR) is 71.5 cm³/mol. The van der Waals surface area contributed by atoms with Crippen molar-refractivity contribution in [3.8, 4) is 5.75 Å². The van der Waals surface area contributed by atoms with E-state index in [1.165, 1.54) is 31.5 Å². The van der Waals surface area contributed by atoms with Gasteiger partial charge in [0.25, 0.3) is 10.0 Å². The summed E-state index contributed by atoms with van der Waals surface area (Å²) < 4.78 is 31.8. The summed E-state index contributed by atoms with van der Waals surface area (Å²) in [6.45, 7) is 1.74. The van der Waals surface area contributed by atoms with Crippen LogP contribution in [0.4, 0.5) is 11.5 Å². The Kier molecular flexibility index (Phi) is 3.34. The smallest absolute Gasteiger partial charge is 0.263 e. The maximum absolute atomic E-state index is 12.2. The van der Waals surface area contributed by atoms with Crippen LogP contribution in [0.15, 0.2) is 29.3 Å². The Hall–Kier alpha value is -2.22. The van der Waals surface area contributed by atoms with Crippen molar-refractivity contribution in [2.24, 2.45) is 0 Å². The first-order valence-electron chi connectivity index (χ1n) is 5.40. The fourth-order valence-electron chi connectivity index (χ4n) is 1.50. The highest BCUT2D eigenvalue weighted by atomic mass is 32.2. The average Bonchev–Trinajstić information content (AvgIpc) is 2.74. The zero-order valence-corrected chi connectivity index (χ0v) is 11.3. The highest BCUT2D eigenvalue weighted by Crippen LogP contribution is 2.26. The molecule has 0 spiro atoms. The number of methoxy groups -OCH3 is 1. The Morgan fingerprint density at radius 1 is 1.42 bits per heavy atom. The Morgan fingerprint density at radius 2 is 2.16 bits per heavy atom. The van der Waals surface area contributed by atoms with Gasteiger partial charge >= 0.3 is 0 Å². The molecular formula is C11H14N4O3S. The zero-order chi connectivity index (χ0) is 14.0. The lowest BCUT2D eigenvalue weighted by molar-refractivity contribution is 0.415. The summed E-state index contributed by atoms with van der Waals surface area (Å²) in [7, 11) is -2.29. The molecule has 0 amide bonds. The van der Waals surface area contributed by atoms with E-state index in [1.54, 1.807) is 6.92 Å². The fraction of sp³-hybridized carbons (Fsp3) is 0.182. The molecule has 19 heavy (non-hydrogen) atoms. The summed E-state index contributed by atoms with van der Waals surface area (Å²) in [5.74, 6) is 0.639. The number of nitrogens with one attached hydrogen (secondary N) is 2. The molecule has 0 fully saturated rings. The van der Waals surface area contributed by atoms with Gasteiger partial charge in [0.15, 0.2) is 0 Å². The van der Waals surface area contributed by atoms with Crippen molar-refractivity contribution < 1.29 is 13.2 Å². The van der Waals surface area contributed by atoms with E-state index in [4.69, 9.17) is 10.5 Å². The van der Waals surface area contributed by atoms with Crippen molar-refractivity contribution >= 4 is 21.5 Å². The first kappa shape index (κ1) is 13.2. The van der Waals surface area contributed by atoms with Crippen LogP contribution in [0.3, 0.4) is 0 Å². The van der Waals surface area contributed by atoms with E-state index in [-0.39, 0.29) is 4.90 Å². The van der Waals surface area contributed by atoms with Crippen molar-refractivity contribution in [3.05, 3.63) is 30.0 Å². The molecule has 0 aliphatic carbocycles. The molecule has 0 bridgehead atoms. The van der Waals surface area contributed by atoms with Crippen LogP contribution in [0.25, 0.3) is 0 Å². The molecule has 0 saturated carbocycles. The van der Waals surface area contributed by atoms with E-state index in [1.807, 2.05) is 0 Å². The first-order valence-corrected chi connectivity index (χ1v) is 6.88. The minimum Gasteiger partial charge on any atom is -0.495 e. The summed E-state index contributed by atoms with van der Waals surface area (Å²) in [6.07, 6.45) is 1.53. The van der Waals surface area contributed by atoms with Gasteiger partial charge in [0.2, 0.25) is 0 Å². The van der Waals surface area contributed by atoms with Crippen LogP contribution < -0.4 is 15.2 Å². The summed E-state index contributed by atoms with van der Waals surface area (Å²) >= 11 is 0. The Balaban J connectivity index is 2.37. The van der Waals surface area contributed by atoms with E-state index in [2.05, 4.69) is 14.9 Å². The van der Waals surface area contributed by atoms with Gasteiger partial charge in [0, 0.05) is 11.6 Å². The highest BCUT2D eigenvalue weighted by molar-refractivity contribution is 7.92. The third-order valence-electron chi connectivity index (χ3n) is 2.58. The molecule has 7 nitrogen and oxygen atoms in total. The van der Waals surface area contributed by atoms with Gasteiger partial charge < -0.3 is 10.5 Å². The van der Waals surface area contributed by atoms with Gasteiger partial charge in [-0.1, -0.05) is 0 Å². The van der Waals surface area contributed by atoms with Crippen LogP contribution in [-0.2, 0) is 10.0 Å². The molecule has 0 unspecified atom stereocenters. The second-order valence-electron chi connectivity index (χ2n) is 3.94. The number of anilines is 2. The minimum atomic E-state index is -3.71. The van der Waals surface area contributed by atoms with Gasteiger partial charge in [-0.3, -0.25) is 9.82 Å². The number of H-pyrrole nitrogens is 1. The molecule has 0 aliphatic heterocycles. The molecule has 0 atom stereocenters. The minimum absolute atomic E-state index is 0.0625. The van der Waals surface area contributed by atoms with E-state index >= 15 is 0 Å². The van der Waals surface area contributed by atoms with Gasteiger partial charge in [-0.05, 0) is 19.1 Å². The fourth-order valence-corrected chi connectivity index (χ4v) is 2.60. The SMILES string of the molecule is COc1cc(S(=O)(=O)Nc2[nH]ncc2C)ccc1N. The molecule has 102 valence electrons. The molecule has 0 aliphatic rings. The van der Waals surface area contributed by atoms with Crippen LogP contribution in [0.1, 0.15) is 5.56 Å². The van der Waals surface area contributed by atoms with Crippen molar-refractivity contribution in [2.75, 3.05) is 17.6 Å². The maximum atomic E-state index is 12.2. The molecule has 2 rings (SSSR count). The van der Waals surface area contributed by atoms with Crippen molar-refractivity contribution in [2.45, 2.75) is 11.8 Å². The number of benzene rings is 1. The van der Waals surface area contributed by atoms with Gasteiger partial charge in [-0.2, -0.15) is 5.10 Å². The molecule has 8 heteroatoms. The number of rotatable bonds is 4. The van der Waals surface area contributed by atoms with Gasteiger partial charge in [-0.15, -0.1) is 0 Å². The third kappa shape index (κ3) is 2.63. The summed E-state index contributed by atoms with van der Waals surface area (Å²) in [4.78, 5) is 0.0625. The number of nitrogen functional groups attached to an aromatic ring is 1. The Morgan fingerprint density at radius 3 is 2.74 bits per heavy atom. The largest absolute Gasteiger partial charge is 0.495 e. The molecule has 1 heterocycles. The molecule has 1 aromatic carbocycles. The quantitative estimate of drug-likeness (QED) is 0.728. The number of hydrogen-bond donors (Lipinski definition) is 3. The van der Waals surface area contributed by atoms with Crippen LogP contribution in [0.5, 0.6) is 5.75 Å². The lowest BCUT2D eigenvalue weighted by atomic mass is 10.3. The Bertz CT molecular complexity index is 694. The van der Waals surface area contributed by atoms with Crippen molar-refractivity contribution in [3.63, 3.8) is 0 Å². The average molecular weight is 282 g/mol. The third-order valence-corrected chi connectivity index (χ3v) is 3.93. The van der Waals surface area contributed by atoms with Crippen molar-refractivity contribution in [1.29, 1.82) is 0 Å². The number of aromatic amines is 1. The number of ether oxygens (including phenoxy) is 1. The normalized spacial score (nSPS) is 11.3. The highest BCUT2D eigenvalue weighted by Gasteiger charge is 2.17. The number of nitrogens with zero attached hydrogens (tertiary/aromatic N) is 1. The number of hydrogen-bond acceptors (Lipinski definition) is 5. The number of aryl methyl sites for hydroxylation is 1. The van der Waals surface area contributed by atoms with E-state index in [9.17, 15) is 8.42 Å². The summed E-state index contributed by atoms with van der Waals surface area (Å²) in [5.41, 5.74) is 6.72. The van der Waals surface area contributed by atoms with E-state index in [0.717, 1.165) is 0 Å². The molecule has 1 aromatic heterocycles. The topological polar surface area (TPSA) is 110 Å². The van der Waals surface area contributed by atoms with Crippen LogP contribution in [0.2, 0.25) is 0 Å². The molecular weight excluding hydrogens is 268 g/mol. The standard InChI is InChI=1S/C11H14N4O3S/c1-7-6-13-14-11(7)15-19(16,17)8-3-4-9(12)10(5-8)18-2/h3-6H,12H2,1-2H3,(H2,13,14,15). The maximum Gasteiger partial charge on any atom is 0.263 e. The lowest BCUT2D eigenvalue weighted by Gasteiger charge is -2.09. The Labute approximate surface area is 110 Å². The van der Waals surface area contributed by atoms with Gasteiger partial charge in [0.05, 0.1) is 23.9 Å². The monoisotopic (exact) mass is 282 g/mol. The van der Waals surface area contributed by atoms with Crippen LogP contribution in [-0.4, -0.2) is 25.7 Å². The second kappa shape index (κ2) is 4.81. The van der Waals surface area contributed by atoms with Gasteiger partial charge in [0.1, 0.15) is 11.6 Å². The zero-order valence-electron chi connectivity index (χ0n) is 10.5. The predicted octanol–water partition coefficient (Wildman–Crippen LogP) is 1.11. The van der Waals surface area contributed by atoms with Crippen LogP contribution in [0, 0.1) is 6.92 Å². The van der Waals surface area contributed by atoms with E-state index < -0.39 is 10.0 Å². The summed E-state index contributed by atoms with van der Waals surface area (Å²) in [5, 5.41) is 6.33. The van der Waals surface area contributed by atoms with Crippen LogP contribution >= 0.6 is 0 Å². The first-order chi connectivity index (χ1) is 8.94. The second-order valence-corrected chi connectivity index (χ2v) is 5.62. The lowest BCUT2D eigenvalue weighted by Crippen LogP contribution is -2.14. The molecule has 0 saturated heterocycles. The van der Waals surface area contributed by atoms with Gasteiger partial charge in [-0.25, -0.2) is 8.42 Å². The molecule has 2 aromatic rings. The van der Waals surface area contributed by atoms with Crippen molar-refractivity contribution in [1.82, 2.24) is 10.2 Å². The number of aromatic nitrogens is 2. The number of nitrogens with two attached hydrogens (primary N) is 1.